The molecule has 0 aliphatic rings. The number of nitrogens with zero attached hydrogens (tertiary/aromatic N) is 4. The van der Waals surface area contributed by atoms with Gasteiger partial charge in [0.2, 0.25) is 0 Å². The average molecular weight is 206 g/mol. The molecule has 0 unspecified atom stereocenters. The summed E-state index contributed by atoms with van der Waals surface area (Å²) >= 11 is 0. The minimum Gasteiger partial charge on any atom is -0.267 e. The third-order valence-corrected chi connectivity index (χ3v) is 1.99. The summed E-state index contributed by atoms with van der Waals surface area (Å²) in [5, 5.41) is 14.4. The third-order valence-electron chi connectivity index (χ3n) is 1.99. The molecule has 0 spiro atoms. The highest BCUT2D eigenvalue weighted by atomic mass is 16.6. The minimum absolute atomic E-state index is 0.196. The lowest BCUT2D eigenvalue weighted by molar-refractivity contribution is -0.385. The molecule has 2 aromatic heterocycles. The Hall–Kier alpha value is -2.31. The van der Waals surface area contributed by atoms with Gasteiger partial charge in [0.05, 0.1) is 22.0 Å². The predicted molar refractivity (Wildman–Crippen MR) is 51.4 cm³/mol. The summed E-state index contributed by atoms with van der Waals surface area (Å²) < 4.78 is 1.10. The summed E-state index contributed by atoms with van der Waals surface area (Å²) in [5.41, 5.74) is -0.252. The largest absolute Gasteiger partial charge is 0.288 e. The second kappa shape index (κ2) is 3.12. The normalized spacial score (nSPS) is 10.5. The van der Waals surface area contributed by atoms with Gasteiger partial charge in [0.15, 0.2) is 0 Å². The summed E-state index contributed by atoms with van der Waals surface area (Å²) in [4.78, 5) is 25.2. The highest BCUT2D eigenvalue weighted by molar-refractivity contribution is 5.78. The van der Waals surface area contributed by atoms with E-state index in [0.29, 0.717) is 5.52 Å². The van der Waals surface area contributed by atoms with Crippen LogP contribution in [0.5, 0.6) is 0 Å². The maximum atomic E-state index is 11.5. The van der Waals surface area contributed by atoms with Crippen molar-refractivity contribution in [1.82, 2.24) is 14.8 Å². The lowest BCUT2D eigenvalue weighted by Gasteiger charge is -1.98. The molecule has 2 heterocycles. The van der Waals surface area contributed by atoms with Crippen LogP contribution in [0.3, 0.4) is 0 Å². The summed E-state index contributed by atoms with van der Waals surface area (Å²) in [5.74, 6) is 0. The molecule has 0 aliphatic heterocycles. The smallest absolute Gasteiger partial charge is 0.267 e. The van der Waals surface area contributed by atoms with Crippen LogP contribution >= 0.6 is 0 Å². The van der Waals surface area contributed by atoms with Gasteiger partial charge in [-0.05, 0) is 0 Å². The average Bonchev–Trinajstić information content (AvgIpc) is 2.23. The summed E-state index contributed by atoms with van der Waals surface area (Å²) in [6.45, 7) is 0. The number of hydrogen-bond acceptors (Lipinski definition) is 5. The van der Waals surface area contributed by atoms with E-state index in [-0.39, 0.29) is 11.1 Å². The molecular weight excluding hydrogens is 200 g/mol. The SMILES string of the molecule is Cn1ncc2ncc([N+](=O)[O-])cc2c1=O. The van der Waals surface area contributed by atoms with E-state index in [2.05, 4.69) is 10.1 Å². The zero-order valence-electron chi connectivity index (χ0n) is 7.75. The Morgan fingerprint density at radius 1 is 1.47 bits per heavy atom. The fourth-order valence-corrected chi connectivity index (χ4v) is 1.21. The molecule has 7 heteroatoms. The van der Waals surface area contributed by atoms with Crippen molar-refractivity contribution < 1.29 is 4.92 Å². The van der Waals surface area contributed by atoms with E-state index >= 15 is 0 Å². The molecule has 2 aromatic rings. The quantitative estimate of drug-likeness (QED) is 0.492. The summed E-state index contributed by atoms with van der Waals surface area (Å²) in [6, 6.07) is 1.20. The van der Waals surface area contributed by atoms with Crippen LogP contribution in [0, 0.1) is 10.1 Å². The molecule has 0 amide bonds. The Morgan fingerprint density at radius 3 is 2.87 bits per heavy atom. The first-order valence-electron chi connectivity index (χ1n) is 4.06. The van der Waals surface area contributed by atoms with E-state index in [1.807, 2.05) is 0 Å². The van der Waals surface area contributed by atoms with E-state index < -0.39 is 10.5 Å². The molecule has 0 radical (unpaired) electrons. The predicted octanol–water partition coefficient (Wildman–Crippen LogP) is 0.237. The van der Waals surface area contributed by atoms with Gasteiger partial charge in [-0.3, -0.25) is 14.9 Å². The number of rotatable bonds is 1. The molecular formula is C8H6N4O3. The summed E-state index contributed by atoms with van der Waals surface area (Å²) in [6.07, 6.45) is 2.49. The highest BCUT2D eigenvalue weighted by Crippen LogP contribution is 2.13. The Kier molecular flexibility index (Phi) is 1.93. The van der Waals surface area contributed by atoms with Crippen molar-refractivity contribution in [2.75, 3.05) is 0 Å². The van der Waals surface area contributed by atoms with E-state index in [0.717, 1.165) is 10.9 Å². The fourth-order valence-electron chi connectivity index (χ4n) is 1.21. The van der Waals surface area contributed by atoms with Crippen molar-refractivity contribution in [3.8, 4) is 0 Å². The van der Waals surface area contributed by atoms with E-state index in [9.17, 15) is 14.9 Å². The van der Waals surface area contributed by atoms with Gasteiger partial charge in [0.25, 0.3) is 11.2 Å². The van der Waals surface area contributed by atoms with Crippen molar-refractivity contribution in [1.29, 1.82) is 0 Å². The molecule has 2 rings (SSSR count). The first-order chi connectivity index (χ1) is 7.09. The van der Waals surface area contributed by atoms with Gasteiger partial charge in [-0.25, -0.2) is 9.67 Å². The van der Waals surface area contributed by atoms with E-state index in [4.69, 9.17) is 0 Å². The van der Waals surface area contributed by atoms with Crippen molar-refractivity contribution in [3.63, 3.8) is 0 Å². The van der Waals surface area contributed by atoms with Crippen molar-refractivity contribution in [2.45, 2.75) is 0 Å². The van der Waals surface area contributed by atoms with Crippen LogP contribution in [0.15, 0.2) is 23.3 Å². The van der Waals surface area contributed by atoms with Gasteiger partial charge < -0.3 is 0 Å². The van der Waals surface area contributed by atoms with Crippen LogP contribution < -0.4 is 5.56 Å². The fraction of sp³-hybridized carbons (Fsp3) is 0.125. The van der Waals surface area contributed by atoms with E-state index in [1.165, 1.54) is 19.3 Å². The molecule has 0 saturated heterocycles. The lowest BCUT2D eigenvalue weighted by Crippen LogP contribution is -2.19. The van der Waals surface area contributed by atoms with Crippen LogP contribution in [-0.4, -0.2) is 19.7 Å². The number of hydrogen-bond donors (Lipinski definition) is 0. The molecule has 15 heavy (non-hydrogen) atoms. The standard InChI is InChI=1S/C8H6N4O3/c1-11-8(13)6-2-5(12(14)15)3-9-7(6)4-10-11/h2-4H,1H3. The molecule has 0 atom stereocenters. The van der Waals surface area contributed by atoms with Crippen LogP contribution in [0.4, 0.5) is 5.69 Å². The second-order valence-corrected chi connectivity index (χ2v) is 2.96. The maximum Gasteiger partial charge on any atom is 0.288 e. The zero-order chi connectivity index (χ0) is 11.0. The Morgan fingerprint density at radius 2 is 2.20 bits per heavy atom. The van der Waals surface area contributed by atoms with Gasteiger partial charge in [-0.15, -0.1) is 0 Å². The zero-order valence-corrected chi connectivity index (χ0v) is 7.75. The molecule has 0 bridgehead atoms. The highest BCUT2D eigenvalue weighted by Gasteiger charge is 2.10. The van der Waals surface area contributed by atoms with Crippen molar-refractivity contribution in [3.05, 3.63) is 38.9 Å². The van der Waals surface area contributed by atoms with Crippen LogP contribution in [0.25, 0.3) is 10.9 Å². The molecule has 76 valence electrons. The van der Waals surface area contributed by atoms with Gasteiger partial charge in [0.1, 0.15) is 6.20 Å². The Balaban J connectivity index is 2.85. The Bertz CT molecular complexity index is 604. The van der Waals surface area contributed by atoms with Gasteiger partial charge in [-0.2, -0.15) is 5.10 Å². The topological polar surface area (TPSA) is 90.9 Å². The van der Waals surface area contributed by atoms with Crippen LogP contribution in [0.1, 0.15) is 0 Å². The number of nitro groups is 1. The monoisotopic (exact) mass is 206 g/mol. The van der Waals surface area contributed by atoms with Gasteiger partial charge >= 0.3 is 0 Å². The number of aryl methyl sites for hydroxylation is 1. The molecule has 0 saturated carbocycles. The second-order valence-electron chi connectivity index (χ2n) is 2.96. The van der Waals surface area contributed by atoms with Crippen LogP contribution in [-0.2, 0) is 7.05 Å². The molecule has 7 nitrogen and oxygen atoms in total. The molecule has 0 aliphatic carbocycles. The summed E-state index contributed by atoms with van der Waals surface area (Å²) in [7, 11) is 1.47. The van der Waals surface area contributed by atoms with Gasteiger partial charge in [-0.1, -0.05) is 0 Å². The van der Waals surface area contributed by atoms with Crippen LogP contribution in [0.2, 0.25) is 0 Å². The van der Waals surface area contributed by atoms with E-state index in [1.54, 1.807) is 0 Å². The lowest BCUT2D eigenvalue weighted by atomic mass is 10.3. The minimum atomic E-state index is -0.591. The first kappa shape index (κ1) is 9.25. The number of aromatic nitrogens is 3. The maximum absolute atomic E-state index is 11.5. The first-order valence-corrected chi connectivity index (χ1v) is 4.06. The molecule has 0 fully saturated rings. The molecule has 0 aromatic carbocycles. The van der Waals surface area contributed by atoms with Gasteiger partial charge in [0, 0.05) is 13.1 Å². The number of fused-ring (bicyclic) bond motifs is 1. The van der Waals surface area contributed by atoms with Crippen molar-refractivity contribution >= 4 is 16.6 Å². The Labute approximate surface area is 83.1 Å². The van der Waals surface area contributed by atoms with Crippen molar-refractivity contribution in [2.24, 2.45) is 7.05 Å². The number of pyridine rings is 1. The third kappa shape index (κ3) is 1.43. The molecule has 0 N–H and O–H groups in total.